The third kappa shape index (κ3) is 5.01. The topological polar surface area (TPSA) is 60.0 Å². The average molecular weight is 408 g/mol. The van der Waals surface area contributed by atoms with E-state index >= 15 is 0 Å². The molecular weight excluding hydrogens is 380 g/mol. The summed E-state index contributed by atoms with van der Waals surface area (Å²) in [5.41, 5.74) is 3.82. The summed E-state index contributed by atoms with van der Waals surface area (Å²) >= 11 is 0. The van der Waals surface area contributed by atoms with Gasteiger partial charge in [-0.1, -0.05) is 36.4 Å². The van der Waals surface area contributed by atoms with Crippen molar-refractivity contribution in [3.63, 3.8) is 0 Å². The molecule has 2 aliphatic heterocycles. The largest absolute Gasteiger partial charge is 0.490 e. The van der Waals surface area contributed by atoms with Gasteiger partial charge in [-0.3, -0.25) is 9.69 Å². The highest BCUT2D eigenvalue weighted by atomic mass is 16.5. The molecule has 0 aliphatic carbocycles. The number of carbonyl (C=O) groups is 1. The van der Waals surface area contributed by atoms with Crippen molar-refractivity contribution in [1.82, 2.24) is 10.2 Å². The highest BCUT2D eigenvalue weighted by molar-refractivity contribution is 5.99. The molecule has 0 atom stereocenters. The van der Waals surface area contributed by atoms with Crippen LogP contribution in [0.15, 0.2) is 48.0 Å². The molecule has 1 amide bonds. The summed E-state index contributed by atoms with van der Waals surface area (Å²) in [5.74, 6) is 1.30. The molecule has 1 N–H and O–H groups in total. The van der Waals surface area contributed by atoms with Crippen LogP contribution in [0.25, 0.3) is 6.08 Å². The van der Waals surface area contributed by atoms with Gasteiger partial charge in [-0.15, -0.1) is 0 Å². The molecule has 2 aromatic rings. The molecule has 158 valence electrons. The minimum absolute atomic E-state index is 0.110. The first-order valence-electron chi connectivity index (χ1n) is 10.5. The smallest absolute Gasteiger partial charge is 0.250 e. The van der Waals surface area contributed by atoms with Gasteiger partial charge in [0.1, 0.15) is 6.61 Å². The van der Waals surface area contributed by atoms with Gasteiger partial charge in [0.15, 0.2) is 11.5 Å². The van der Waals surface area contributed by atoms with Crippen LogP contribution in [0, 0.1) is 0 Å². The highest BCUT2D eigenvalue weighted by Crippen LogP contribution is 2.35. The Bertz CT molecular complexity index is 919. The van der Waals surface area contributed by atoms with Crippen molar-refractivity contribution < 1.29 is 19.0 Å². The van der Waals surface area contributed by atoms with Gasteiger partial charge in [-0.05, 0) is 30.2 Å². The number of nitrogens with one attached hydrogen (secondary N) is 1. The number of para-hydroxylation sites is 1. The molecule has 6 nitrogen and oxygen atoms in total. The molecule has 4 rings (SSSR count). The molecule has 6 heteroatoms. The Kier molecular flexibility index (Phi) is 6.67. The Morgan fingerprint density at radius 1 is 1.13 bits per heavy atom. The van der Waals surface area contributed by atoms with Crippen LogP contribution in [0.2, 0.25) is 0 Å². The number of nitrogens with zero attached hydrogens (tertiary/aromatic N) is 1. The SMILES string of the molecule is CCOc1cccc2c1OCC(C(=O)NCc1cccc(CN3CCOCC3)c1)=C2. The second kappa shape index (κ2) is 9.78. The van der Waals surface area contributed by atoms with Gasteiger partial charge in [0.25, 0.3) is 5.91 Å². The summed E-state index contributed by atoms with van der Waals surface area (Å²) in [4.78, 5) is 15.1. The standard InChI is InChI=1S/C24H28N2O4/c1-2-29-22-8-4-7-20-14-21(17-30-23(20)22)24(27)25-15-18-5-3-6-19(13-18)16-26-9-11-28-12-10-26/h3-8,13-14H,2,9-12,15-17H2,1H3,(H,25,27). The van der Waals surface area contributed by atoms with E-state index in [1.807, 2.05) is 43.3 Å². The van der Waals surface area contributed by atoms with E-state index in [-0.39, 0.29) is 12.5 Å². The molecule has 1 saturated heterocycles. The minimum Gasteiger partial charge on any atom is -0.490 e. The van der Waals surface area contributed by atoms with Crippen LogP contribution < -0.4 is 14.8 Å². The van der Waals surface area contributed by atoms with Crippen molar-refractivity contribution in [2.24, 2.45) is 0 Å². The first-order chi connectivity index (χ1) is 14.7. The predicted molar refractivity (Wildman–Crippen MR) is 115 cm³/mol. The summed E-state index contributed by atoms with van der Waals surface area (Å²) in [6.45, 7) is 7.64. The third-order valence-electron chi connectivity index (χ3n) is 5.26. The van der Waals surface area contributed by atoms with E-state index in [1.54, 1.807) is 0 Å². The van der Waals surface area contributed by atoms with Gasteiger partial charge in [0.05, 0.1) is 25.4 Å². The molecule has 2 heterocycles. The zero-order valence-electron chi connectivity index (χ0n) is 17.4. The van der Waals surface area contributed by atoms with Gasteiger partial charge in [-0.25, -0.2) is 0 Å². The van der Waals surface area contributed by atoms with Crippen LogP contribution in [0.3, 0.4) is 0 Å². The Morgan fingerprint density at radius 3 is 2.77 bits per heavy atom. The molecule has 0 aromatic heterocycles. The van der Waals surface area contributed by atoms with Crippen molar-refractivity contribution in [2.75, 3.05) is 39.5 Å². The number of hydrogen-bond donors (Lipinski definition) is 1. The van der Waals surface area contributed by atoms with Crippen molar-refractivity contribution in [1.29, 1.82) is 0 Å². The maximum Gasteiger partial charge on any atom is 0.250 e. The molecule has 0 spiro atoms. The number of carbonyl (C=O) groups excluding carboxylic acids is 1. The van der Waals surface area contributed by atoms with Crippen LogP contribution in [0.1, 0.15) is 23.6 Å². The first-order valence-corrected chi connectivity index (χ1v) is 10.5. The number of hydrogen-bond acceptors (Lipinski definition) is 5. The quantitative estimate of drug-likeness (QED) is 0.763. The van der Waals surface area contributed by atoms with Gasteiger partial charge >= 0.3 is 0 Å². The van der Waals surface area contributed by atoms with Crippen LogP contribution in [0.5, 0.6) is 11.5 Å². The second-order valence-electron chi connectivity index (χ2n) is 7.46. The van der Waals surface area contributed by atoms with E-state index in [2.05, 4.69) is 22.3 Å². The number of benzene rings is 2. The zero-order valence-corrected chi connectivity index (χ0v) is 17.4. The number of rotatable bonds is 7. The number of morpholine rings is 1. The Balaban J connectivity index is 1.37. The van der Waals surface area contributed by atoms with Crippen LogP contribution in [-0.4, -0.2) is 50.3 Å². The number of amides is 1. The van der Waals surface area contributed by atoms with Crippen molar-refractivity contribution >= 4 is 12.0 Å². The maximum atomic E-state index is 12.7. The Labute approximate surface area is 177 Å². The Morgan fingerprint density at radius 2 is 1.93 bits per heavy atom. The van der Waals surface area contributed by atoms with E-state index in [4.69, 9.17) is 14.2 Å². The molecule has 0 saturated carbocycles. The van der Waals surface area contributed by atoms with E-state index in [0.29, 0.717) is 30.2 Å². The van der Waals surface area contributed by atoms with Gasteiger partial charge in [-0.2, -0.15) is 0 Å². The fourth-order valence-electron chi connectivity index (χ4n) is 3.73. The average Bonchev–Trinajstić information content (AvgIpc) is 2.78. The summed E-state index contributed by atoms with van der Waals surface area (Å²) in [6.07, 6.45) is 1.88. The molecule has 0 unspecified atom stereocenters. The lowest BCUT2D eigenvalue weighted by Crippen LogP contribution is -2.35. The van der Waals surface area contributed by atoms with Crippen molar-refractivity contribution in [3.8, 4) is 11.5 Å². The third-order valence-corrected chi connectivity index (χ3v) is 5.26. The van der Waals surface area contributed by atoms with Gasteiger partial charge < -0.3 is 19.5 Å². The van der Waals surface area contributed by atoms with Crippen molar-refractivity contribution in [3.05, 3.63) is 64.7 Å². The molecule has 0 bridgehead atoms. The zero-order chi connectivity index (χ0) is 20.8. The molecule has 30 heavy (non-hydrogen) atoms. The second-order valence-corrected chi connectivity index (χ2v) is 7.46. The van der Waals surface area contributed by atoms with E-state index in [0.717, 1.165) is 44.0 Å². The lowest BCUT2D eigenvalue weighted by Gasteiger charge is -2.26. The van der Waals surface area contributed by atoms with Crippen LogP contribution >= 0.6 is 0 Å². The predicted octanol–water partition coefficient (Wildman–Crippen LogP) is 3.01. The summed E-state index contributed by atoms with van der Waals surface area (Å²) in [7, 11) is 0. The van der Waals surface area contributed by atoms with E-state index < -0.39 is 0 Å². The van der Waals surface area contributed by atoms with Gasteiger partial charge in [0, 0.05) is 31.7 Å². The van der Waals surface area contributed by atoms with Crippen molar-refractivity contribution in [2.45, 2.75) is 20.0 Å². The van der Waals surface area contributed by atoms with Crippen LogP contribution in [0.4, 0.5) is 0 Å². The van der Waals surface area contributed by atoms with Crippen LogP contribution in [-0.2, 0) is 22.6 Å². The fourth-order valence-corrected chi connectivity index (χ4v) is 3.73. The lowest BCUT2D eigenvalue weighted by molar-refractivity contribution is -0.117. The minimum atomic E-state index is -0.110. The normalized spacial score (nSPS) is 16.2. The monoisotopic (exact) mass is 408 g/mol. The number of ether oxygens (including phenoxy) is 3. The maximum absolute atomic E-state index is 12.7. The highest BCUT2D eigenvalue weighted by Gasteiger charge is 2.20. The summed E-state index contributed by atoms with van der Waals surface area (Å²) < 4.78 is 16.8. The molecule has 1 fully saturated rings. The number of fused-ring (bicyclic) bond motifs is 1. The molecule has 2 aromatic carbocycles. The molecule has 0 radical (unpaired) electrons. The van der Waals surface area contributed by atoms with Gasteiger partial charge in [0.2, 0.25) is 0 Å². The molecular formula is C24H28N2O4. The Hall–Kier alpha value is -2.83. The first kappa shape index (κ1) is 20.4. The molecule has 2 aliphatic rings. The fraction of sp³-hybridized carbons (Fsp3) is 0.375. The summed E-state index contributed by atoms with van der Waals surface area (Å²) in [6, 6.07) is 14.1. The van der Waals surface area contributed by atoms with E-state index in [1.165, 1.54) is 5.56 Å². The van der Waals surface area contributed by atoms with E-state index in [9.17, 15) is 4.79 Å². The summed E-state index contributed by atoms with van der Waals surface area (Å²) in [5, 5.41) is 3.02. The lowest BCUT2D eigenvalue weighted by atomic mass is 10.1.